The van der Waals surface area contributed by atoms with Crippen molar-refractivity contribution in [1.29, 1.82) is 0 Å². The SMILES string of the molecule is Cn1c(C(F)(F)F)cc(=O)n(-c2cc(OCc3nnn[nH]3)c(Cl)cc2F)c1=O. The summed E-state index contributed by atoms with van der Waals surface area (Å²) in [5, 5.41) is 12.4. The van der Waals surface area contributed by atoms with Gasteiger partial charge in [0, 0.05) is 19.2 Å². The molecule has 0 unspecified atom stereocenters. The number of hydrogen-bond acceptors (Lipinski definition) is 6. The molecule has 3 rings (SSSR count). The minimum atomic E-state index is -4.94. The molecule has 0 fully saturated rings. The molecule has 2 aromatic heterocycles. The molecule has 0 aliphatic rings. The average Bonchev–Trinajstić information content (AvgIpc) is 3.11. The van der Waals surface area contributed by atoms with Crippen molar-refractivity contribution in [3.05, 3.63) is 61.4 Å². The molecule has 28 heavy (non-hydrogen) atoms. The second-order valence-corrected chi connectivity index (χ2v) is 5.82. The van der Waals surface area contributed by atoms with Crippen molar-refractivity contribution < 1.29 is 22.3 Å². The van der Waals surface area contributed by atoms with Gasteiger partial charge in [0.25, 0.3) is 5.56 Å². The van der Waals surface area contributed by atoms with Gasteiger partial charge < -0.3 is 4.74 Å². The largest absolute Gasteiger partial charge is 0.484 e. The van der Waals surface area contributed by atoms with Crippen LogP contribution in [-0.2, 0) is 19.8 Å². The topological polar surface area (TPSA) is 108 Å². The van der Waals surface area contributed by atoms with Crippen LogP contribution >= 0.6 is 11.6 Å². The van der Waals surface area contributed by atoms with E-state index in [-0.39, 0.29) is 38.4 Å². The van der Waals surface area contributed by atoms with Crippen molar-refractivity contribution >= 4 is 11.6 Å². The van der Waals surface area contributed by atoms with E-state index in [1.165, 1.54) is 0 Å². The Morgan fingerprint density at radius 2 is 1.96 bits per heavy atom. The summed E-state index contributed by atoms with van der Waals surface area (Å²) in [6, 6.07) is 1.86. The number of tetrazole rings is 1. The Kier molecular flexibility index (Phi) is 4.93. The number of aromatic nitrogens is 6. The van der Waals surface area contributed by atoms with Crippen molar-refractivity contribution in [2.45, 2.75) is 12.8 Å². The number of alkyl halides is 3. The molecule has 0 saturated heterocycles. The third-order valence-electron chi connectivity index (χ3n) is 3.61. The summed E-state index contributed by atoms with van der Waals surface area (Å²) < 4.78 is 58.9. The summed E-state index contributed by atoms with van der Waals surface area (Å²) in [5.41, 5.74) is -4.87. The van der Waals surface area contributed by atoms with Gasteiger partial charge in [-0.2, -0.15) is 13.2 Å². The van der Waals surface area contributed by atoms with Gasteiger partial charge in [0.1, 0.15) is 23.9 Å². The molecule has 0 saturated carbocycles. The molecule has 0 bridgehead atoms. The summed E-state index contributed by atoms with van der Waals surface area (Å²) in [7, 11) is 0.809. The molecule has 2 heterocycles. The van der Waals surface area contributed by atoms with E-state index in [0.29, 0.717) is 0 Å². The summed E-state index contributed by atoms with van der Waals surface area (Å²) in [5.74, 6) is -1.06. The molecule has 0 radical (unpaired) electrons. The van der Waals surface area contributed by atoms with Gasteiger partial charge in [-0.3, -0.25) is 9.36 Å². The minimum absolute atomic E-state index is 0.150. The number of hydrogen-bond donors (Lipinski definition) is 1. The number of nitrogens with zero attached hydrogens (tertiary/aromatic N) is 5. The monoisotopic (exact) mass is 420 g/mol. The summed E-state index contributed by atoms with van der Waals surface area (Å²) in [6.45, 7) is -0.211. The Bertz CT molecular complexity index is 1140. The number of rotatable bonds is 4. The van der Waals surface area contributed by atoms with Gasteiger partial charge in [0.05, 0.1) is 10.7 Å². The zero-order valence-corrected chi connectivity index (χ0v) is 14.5. The van der Waals surface area contributed by atoms with E-state index in [9.17, 15) is 27.2 Å². The van der Waals surface area contributed by atoms with Gasteiger partial charge in [-0.15, -0.1) is 5.10 Å². The van der Waals surface area contributed by atoms with Crippen molar-refractivity contribution in [3.8, 4) is 11.4 Å². The van der Waals surface area contributed by atoms with E-state index in [4.69, 9.17) is 16.3 Å². The van der Waals surface area contributed by atoms with Gasteiger partial charge >= 0.3 is 11.9 Å². The zero-order valence-electron chi connectivity index (χ0n) is 13.8. The Labute approximate surface area is 157 Å². The molecular weight excluding hydrogens is 412 g/mol. The number of benzene rings is 1. The maximum atomic E-state index is 14.3. The van der Waals surface area contributed by atoms with Gasteiger partial charge in [0.15, 0.2) is 5.82 Å². The lowest BCUT2D eigenvalue weighted by atomic mass is 10.2. The highest BCUT2D eigenvalue weighted by atomic mass is 35.5. The van der Waals surface area contributed by atoms with Crippen LogP contribution in [0.25, 0.3) is 5.69 Å². The Balaban J connectivity index is 2.11. The van der Waals surface area contributed by atoms with Crippen LogP contribution in [0, 0.1) is 5.82 Å². The van der Waals surface area contributed by atoms with E-state index < -0.39 is 34.6 Å². The molecule has 148 valence electrons. The predicted molar refractivity (Wildman–Crippen MR) is 85.8 cm³/mol. The van der Waals surface area contributed by atoms with E-state index in [0.717, 1.165) is 19.2 Å². The Hall–Kier alpha value is -3.22. The first-order valence-electron chi connectivity index (χ1n) is 7.34. The third-order valence-corrected chi connectivity index (χ3v) is 3.90. The lowest BCUT2D eigenvalue weighted by molar-refractivity contribution is -0.144. The van der Waals surface area contributed by atoms with Crippen LogP contribution in [0.3, 0.4) is 0 Å². The maximum Gasteiger partial charge on any atom is 0.431 e. The molecule has 0 aliphatic carbocycles. The van der Waals surface area contributed by atoms with Crippen LogP contribution in [0.4, 0.5) is 17.6 Å². The first kappa shape index (κ1) is 19.5. The smallest absolute Gasteiger partial charge is 0.431 e. The van der Waals surface area contributed by atoms with Crippen molar-refractivity contribution in [2.24, 2.45) is 7.05 Å². The third kappa shape index (κ3) is 3.60. The van der Waals surface area contributed by atoms with E-state index in [2.05, 4.69) is 20.6 Å². The number of aromatic amines is 1. The number of ether oxygens (including phenoxy) is 1. The predicted octanol–water partition coefficient (Wildman–Crippen LogP) is 1.44. The van der Waals surface area contributed by atoms with Crippen LogP contribution in [0.1, 0.15) is 11.5 Å². The first-order valence-corrected chi connectivity index (χ1v) is 7.72. The van der Waals surface area contributed by atoms with Crippen LogP contribution in [0.2, 0.25) is 5.02 Å². The van der Waals surface area contributed by atoms with Gasteiger partial charge in [-0.25, -0.2) is 18.9 Å². The van der Waals surface area contributed by atoms with Crippen LogP contribution in [0.5, 0.6) is 5.75 Å². The molecule has 0 aliphatic heterocycles. The van der Waals surface area contributed by atoms with Crippen LogP contribution in [0.15, 0.2) is 27.8 Å². The minimum Gasteiger partial charge on any atom is -0.484 e. The highest BCUT2D eigenvalue weighted by Gasteiger charge is 2.35. The molecule has 9 nitrogen and oxygen atoms in total. The highest BCUT2D eigenvalue weighted by molar-refractivity contribution is 6.32. The van der Waals surface area contributed by atoms with Gasteiger partial charge in [0.2, 0.25) is 0 Å². The average molecular weight is 421 g/mol. The summed E-state index contributed by atoms with van der Waals surface area (Å²) in [6.07, 6.45) is -4.94. The second-order valence-electron chi connectivity index (χ2n) is 5.41. The van der Waals surface area contributed by atoms with Crippen molar-refractivity contribution in [1.82, 2.24) is 29.8 Å². The molecule has 14 heteroatoms. The summed E-state index contributed by atoms with van der Waals surface area (Å²) in [4.78, 5) is 24.4. The normalized spacial score (nSPS) is 11.6. The van der Waals surface area contributed by atoms with E-state index >= 15 is 0 Å². The maximum absolute atomic E-state index is 14.3. The van der Waals surface area contributed by atoms with E-state index in [1.807, 2.05) is 0 Å². The molecule has 1 N–H and O–H groups in total. The van der Waals surface area contributed by atoms with Gasteiger partial charge in [-0.1, -0.05) is 11.6 Å². The molecule has 3 aromatic rings. The fourth-order valence-electron chi connectivity index (χ4n) is 2.31. The molecular formula is C14H9ClF4N6O3. The number of H-pyrrole nitrogens is 1. The lowest BCUT2D eigenvalue weighted by Gasteiger charge is -2.15. The molecule has 0 spiro atoms. The van der Waals surface area contributed by atoms with E-state index in [1.54, 1.807) is 0 Å². The highest BCUT2D eigenvalue weighted by Crippen LogP contribution is 2.30. The lowest BCUT2D eigenvalue weighted by Crippen LogP contribution is -2.41. The van der Waals surface area contributed by atoms with Crippen molar-refractivity contribution in [3.63, 3.8) is 0 Å². The number of nitrogens with one attached hydrogen (secondary N) is 1. The fourth-order valence-corrected chi connectivity index (χ4v) is 2.51. The van der Waals surface area contributed by atoms with Gasteiger partial charge in [-0.05, 0) is 16.5 Å². The first-order chi connectivity index (χ1) is 13.1. The Morgan fingerprint density at radius 3 is 2.57 bits per heavy atom. The quantitative estimate of drug-likeness (QED) is 0.640. The number of halogens is 5. The second kappa shape index (κ2) is 7.07. The van der Waals surface area contributed by atoms with Crippen molar-refractivity contribution in [2.75, 3.05) is 0 Å². The Morgan fingerprint density at radius 1 is 1.25 bits per heavy atom. The molecule has 0 atom stereocenters. The standard InChI is InChI=1S/C14H9ClF4N6O3/c1-24-10(14(17,18)19)4-12(26)25(13(24)27)8-3-9(6(15)2-7(8)16)28-5-11-20-22-23-21-11/h2-4H,5H2,1H3,(H,20,21,22,23). The molecule has 0 amide bonds. The van der Waals surface area contributed by atoms with Crippen LogP contribution < -0.4 is 16.0 Å². The fraction of sp³-hybridized carbons (Fsp3) is 0.214. The molecule has 1 aromatic carbocycles. The summed E-state index contributed by atoms with van der Waals surface area (Å²) >= 11 is 5.88. The van der Waals surface area contributed by atoms with Crippen LogP contribution in [-0.4, -0.2) is 29.8 Å². The zero-order chi connectivity index (χ0) is 20.6.